The summed E-state index contributed by atoms with van der Waals surface area (Å²) < 4.78 is 5.51. The van der Waals surface area contributed by atoms with Crippen LogP contribution in [-0.2, 0) is 14.3 Å². The van der Waals surface area contributed by atoms with E-state index in [1.165, 1.54) is 315 Å². The molecule has 2 atom stereocenters. The number of allylic oxidation sites excluding steroid dienone is 3. The lowest BCUT2D eigenvalue weighted by atomic mass is 10.0. The van der Waals surface area contributed by atoms with Crippen molar-refractivity contribution in [2.24, 2.45) is 0 Å². The van der Waals surface area contributed by atoms with Gasteiger partial charge in [-0.05, 0) is 57.8 Å². The number of esters is 1. The highest BCUT2D eigenvalue weighted by Crippen LogP contribution is 2.18. The lowest BCUT2D eigenvalue weighted by molar-refractivity contribution is -0.143. The van der Waals surface area contributed by atoms with Gasteiger partial charge in [0.15, 0.2) is 0 Å². The molecule has 0 spiro atoms. The zero-order valence-electron chi connectivity index (χ0n) is 50.8. The average molecular weight is 1060 g/mol. The SMILES string of the molecule is CCCCCCCCCC/C=C/C(O)C(CO)NC(=O)CCCCCCCCCCCCCCCC/C=C\CCCCCCCCCCCCCCOC(=O)CCCCCCCCCCCCCCCCCCCC. The van der Waals surface area contributed by atoms with Crippen molar-refractivity contribution in [3.8, 4) is 0 Å². The predicted molar refractivity (Wildman–Crippen MR) is 329 cm³/mol. The minimum Gasteiger partial charge on any atom is -0.466 e. The fraction of sp³-hybridized carbons (Fsp3) is 0.913. The molecule has 444 valence electrons. The van der Waals surface area contributed by atoms with Crippen molar-refractivity contribution in [2.75, 3.05) is 13.2 Å². The molecule has 0 aliphatic heterocycles. The van der Waals surface area contributed by atoms with Gasteiger partial charge in [-0.15, -0.1) is 0 Å². The summed E-state index contributed by atoms with van der Waals surface area (Å²) in [6.45, 7) is 4.92. The molecule has 1 amide bonds. The van der Waals surface area contributed by atoms with E-state index in [4.69, 9.17) is 4.74 Å². The second kappa shape index (κ2) is 64.9. The number of amides is 1. The molecule has 75 heavy (non-hydrogen) atoms. The standard InChI is InChI=1S/C69H133NO5/c1-3-5-7-9-11-13-15-16-17-18-34-37-40-43-47-51-55-59-63-69(74)75-64-60-56-52-48-44-41-38-35-32-30-28-26-24-22-20-19-21-23-25-27-29-31-33-36-39-42-46-50-54-58-62-68(73)70-66(65-71)67(72)61-57-53-49-45-14-12-10-8-6-4-2/h20,22,57,61,66-67,71-72H,3-19,21,23-56,58-60,62-65H2,1-2H3,(H,70,73)/b22-20-,61-57+. The first-order chi connectivity index (χ1) is 37.0. The molecule has 6 heteroatoms. The maximum absolute atomic E-state index is 12.4. The Morgan fingerprint density at radius 2 is 0.627 bits per heavy atom. The van der Waals surface area contributed by atoms with E-state index in [1.54, 1.807) is 6.08 Å². The maximum atomic E-state index is 12.4. The third kappa shape index (κ3) is 61.4. The van der Waals surface area contributed by atoms with Crippen LogP contribution < -0.4 is 5.32 Å². The molecule has 0 saturated heterocycles. The molecular weight excluding hydrogens is 923 g/mol. The molecule has 0 bridgehead atoms. The third-order valence-electron chi connectivity index (χ3n) is 16.0. The first-order valence-corrected chi connectivity index (χ1v) is 34.1. The summed E-state index contributed by atoms with van der Waals surface area (Å²) >= 11 is 0. The number of rotatable bonds is 64. The van der Waals surface area contributed by atoms with Crippen molar-refractivity contribution in [3.05, 3.63) is 24.3 Å². The predicted octanol–water partition coefficient (Wildman–Crippen LogP) is 21.8. The van der Waals surface area contributed by atoms with Crippen molar-refractivity contribution in [3.63, 3.8) is 0 Å². The van der Waals surface area contributed by atoms with Gasteiger partial charge in [-0.2, -0.15) is 0 Å². The molecule has 0 rings (SSSR count). The van der Waals surface area contributed by atoms with Crippen LogP contribution in [-0.4, -0.2) is 47.4 Å². The van der Waals surface area contributed by atoms with Crippen LogP contribution >= 0.6 is 0 Å². The Balaban J connectivity index is 3.33. The Hall–Kier alpha value is -1.66. The number of aliphatic hydroxyl groups excluding tert-OH is 2. The smallest absolute Gasteiger partial charge is 0.305 e. The number of carbonyl (C=O) groups is 2. The molecule has 0 fully saturated rings. The summed E-state index contributed by atoms with van der Waals surface area (Å²) in [5.41, 5.74) is 0. The number of aliphatic hydroxyl groups is 2. The van der Waals surface area contributed by atoms with Crippen LogP contribution in [0.5, 0.6) is 0 Å². The van der Waals surface area contributed by atoms with Crippen LogP contribution in [0.15, 0.2) is 24.3 Å². The molecule has 0 aliphatic carbocycles. The van der Waals surface area contributed by atoms with Crippen LogP contribution in [0.2, 0.25) is 0 Å². The van der Waals surface area contributed by atoms with E-state index in [2.05, 4.69) is 31.3 Å². The fourth-order valence-electron chi connectivity index (χ4n) is 10.7. The summed E-state index contributed by atoms with van der Waals surface area (Å²) in [5, 5.41) is 23.0. The van der Waals surface area contributed by atoms with Gasteiger partial charge in [0, 0.05) is 12.8 Å². The van der Waals surface area contributed by atoms with Crippen molar-refractivity contribution in [1.82, 2.24) is 5.32 Å². The Morgan fingerprint density at radius 3 is 0.947 bits per heavy atom. The third-order valence-corrected chi connectivity index (χ3v) is 16.0. The van der Waals surface area contributed by atoms with Crippen LogP contribution in [0.4, 0.5) is 0 Å². The number of hydrogen-bond acceptors (Lipinski definition) is 5. The molecule has 3 N–H and O–H groups in total. The van der Waals surface area contributed by atoms with Crippen LogP contribution in [0.1, 0.15) is 380 Å². The summed E-state index contributed by atoms with van der Waals surface area (Å²) in [5.74, 6) is -0.0454. The fourth-order valence-corrected chi connectivity index (χ4v) is 10.7. The second-order valence-corrected chi connectivity index (χ2v) is 23.5. The van der Waals surface area contributed by atoms with Gasteiger partial charge in [0.1, 0.15) is 0 Å². The van der Waals surface area contributed by atoms with Crippen molar-refractivity contribution in [1.29, 1.82) is 0 Å². The number of ether oxygens (including phenoxy) is 1. The van der Waals surface area contributed by atoms with Crippen molar-refractivity contribution >= 4 is 11.9 Å². The molecule has 0 heterocycles. The molecule has 0 aromatic carbocycles. The van der Waals surface area contributed by atoms with Crippen LogP contribution in [0.3, 0.4) is 0 Å². The van der Waals surface area contributed by atoms with Gasteiger partial charge >= 0.3 is 5.97 Å². The Kier molecular flexibility index (Phi) is 63.4. The minimum absolute atomic E-state index is 0.0216. The largest absolute Gasteiger partial charge is 0.466 e. The number of unbranched alkanes of at least 4 members (excludes halogenated alkanes) is 51. The molecule has 6 nitrogen and oxygen atoms in total. The maximum Gasteiger partial charge on any atom is 0.305 e. The quantitative estimate of drug-likeness (QED) is 0.0320. The monoisotopic (exact) mass is 1060 g/mol. The lowest BCUT2D eigenvalue weighted by Crippen LogP contribution is -2.45. The van der Waals surface area contributed by atoms with Crippen LogP contribution in [0.25, 0.3) is 0 Å². The lowest BCUT2D eigenvalue weighted by Gasteiger charge is -2.20. The normalized spacial score (nSPS) is 12.6. The zero-order valence-corrected chi connectivity index (χ0v) is 50.8. The zero-order chi connectivity index (χ0) is 54.3. The highest BCUT2D eigenvalue weighted by molar-refractivity contribution is 5.76. The second-order valence-electron chi connectivity index (χ2n) is 23.5. The van der Waals surface area contributed by atoms with E-state index in [1.807, 2.05) is 6.08 Å². The van der Waals surface area contributed by atoms with Gasteiger partial charge in [0.2, 0.25) is 5.91 Å². The Bertz CT molecular complexity index is 1170. The molecule has 0 radical (unpaired) electrons. The number of carbonyl (C=O) groups excluding carboxylic acids is 2. The van der Waals surface area contributed by atoms with E-state index in [0.717, 1.165) is 38.5 Å². The van der Waals surface area contributed by atoms with Gasteiger partial charge in [-0.25, -0.2) is 0 Å². The highest BCUT2D eigenvalue weighted by Gasteiger charge is 2.18. The highest BCUT2D eigenvalue weighted by atomic mass is 16.5. The van der Waals surface area contributed by atoms with Gasteiger partial charge < -0.3 is 20.3 Å². The van der Waals surface area contributed by atoms with E-state index in [-0.39, 0.29) is 18.5 Å². The summed E-state index contributed by atoms with van der Waals surface area (Å²) in [6.07, 6.45) is 81.2. The summed E-state index contributed by atoms with van der Waals surface area (Å²) in [4.78, 5) is 24.5. The molecule has 0 aliphatic rings. The van der Waals surface area contributed by atoms with Gasteiger partial charge in [-0.3, -0.25) is 9.59 Å². The topological polar surface area (TPSA) is 95.9 Å². The van der Waals surface area contributed by atoms with Gasteiger partial charge in [0.25, 0.3) is 0 Å². The minimum atomic E-state index is -0.841. The van der Waals surface area contributed by atoms with Crippen LogP contribution in [0, 0.1) is 0 Å². The summed E-state index contributed by atoms with van der Waals surface area (Å²) in [6, 6.07) is -0.624. The van der Waals surface area contributed by atoms with E-state index in [9.17, 15) is 19.8 Å². The van der Waals surface area contributed by atoms with E-state index in [0.29, 0.717) is 19.4 Å². The van der Waals surface area contributed by atoms with Gasteiger partial charge in [-0.1, -0.05) is 334 Å². The van der Waals surface area contributed by atoms with E-state index >= 15 is 0 Å². The summed E-state index contributed by atoms with van der Waals surface area (Å²) in [7, 11) is 0. The van der Waals surface area contributed by atoms with Crippen molar-refractivity contribution in [2.45, 2.75) is 392 Å². The Morgan fingerprint density at radius 1 is 0.360 bits per heavy atom. The molecule has 2 unspecified atom stereocenters. The molecule has 0 aromatic rings. The Labute approximate surface area is 469 Å². The number of nitrogens with one attached hydrogen (secondary N) is 1. The number of hydrogen-bond donors (Lipinski definition) is 3. The first-order valence-electron chi connectivity index (χ1n) is 34.1. The van der Waals surface area contributed by atoms with Gasteiger partial charge in [0.05, 0.1) is 25.4 Å². The van der Waals surface area contributed by atoms with E-state index < -0.39 is 12.1 Å². The van der Waals surface area contributed by atoms with Crippen molar-refractivity contribution < 1.29 is 24.5 Å². The average Bonchev–Trinajstić information content (AvgIpc) is 3.41. The molecular formula is C69H133NO5. The first kappa shape index (κ1) is 73.3. The molecule has 0 aromatic heterocycles. The molecule has 0 saturated carbocycles.